The van der Waals surface area contributed by atoms with Crippen molar-refractivity contribution in [2.45, 2.75) is 32.4 Å². The van der Waals surface area contributed by atoms with Gasteiger partial charge < -0.3 is 14.7 Å². The van der Waals surface area contributed by atoms with Gasteiger partial charge in [-0.25, -0.2) is 0 Å². The van der Waals surface area contributed by atoms with E-state index in [2.05, 4.69) is 41.8 Å². The third-order valence-electron chi connectivity index (χ3n) is 4.82. The number of halogens is 5. The quantitative estimate of drug-likeness (QED) is 0.405. The molecule has 9 heteroatoms. The van der Waals surface area contributed by atoms with E-state index in [1.54, 1.807) is 13.0 Å². The minimum atomic E-state index is -4.47. The first-order valence-electron chi connectivity index (χ1n) is 9.56. The lowest BCUT2D eigenvalue weighted by atomic mass is 10.1. The standard InChI is InChI=1S/C21H21Br2F3N2O2/c1-2-30-18-11-15(22)19(23)14(20(18)29)12-27-16-10-13(21(24,25)26)6-7-17(16)28-8-4-3-5-9-28/h6-7,10-12,29H,2-5,8-9H2,1H3. The normalized spacial score (nSPS) is 15.1. The van der Waals surface area contributed by atoms with Gasteiger partial charge in [0.05, 0.1) is 29.1 Å². The maximum atomic E-state index is 13.3. The molecule has 0 spiro atoms. The van der Waals surface area contributed by atoms with E-state index in [0.29, 0.717) is 26.8 Å². The Hall–Kier alpha value is -1.74. The van der Waals surface area contributed by atoms with Crippen molar-refractivity contribution in [3.8, 4) is 11.5 Å². The molecule has 0 radical (unpaired) electrons. The average molecular weight is 550 g/mol. The molecule has 0 aliphatic carbocycles. The summed E-state index contributed by atoms with van der Waals surface area (Å²) in [6, 6.07) is 5.22. The lowest BCUT2D eigenvalue weighted by Crippen LogP contribution is -2.29. The third-order valence-corrected chi connectivity index (χ3v) is 6.84. The monoisotopic (exact) mass is 548 g/mol. The zero-order valence-electron chi connectivity index (χ0n) is 16.3. The Morgan fingerprint density at radius 2 is 1.87 bits per heavy atom. The van der Waals surface area contributed by atoms with Crippen LogP contribution < -0.4 is 9.64 Å². The van der Waals surface area contributed by atoms with Gasteiger partial charge in [-0.3, -0.25) is 4.99 Å². The number of alkyl halides is 3. The molecule has 1 saturated heterocycles. The van der Waals surface area contributed by atoms with Crippen molar-refractivity contribution in [3.63, 3.8) is 0 Å². The zero-order chi connectivity index (χ0) is 21.9. The summed E-state index contributed by atoms with van der Waals surface area (Å²) in [7, 11) is 0. The molecule has 162 valence electrons. The Bertz CT molecular complexity index is 943. The summed E-state index contributed by atoms with van der Waals surface area (Å²) in [6.45, 7) is 3.68. The van der Waals surface area contributed by atoms with Crippen LogP contribution >= 0.6 is 31.9 Å². The molecular formula is C21H21Br2F3N2O2. The van der Waals surface area contributed by atoms with Gasteiger partial charge in [-0.15, -0.1) is 0 Å². The van der Waals surface area contributed by atoms with E-state index in [-0.39, 0.29) is 17.2 Å². The largest absolute Gasteiger partial charge is 0.504 e. The Kier molecular flexibility index (Phi) is 7.34. The number of phenols is 1. The predicted octanol–water partition coefficient (Wildman–Crippen LogP) is 7.08. The van der Waals surface area contributed by atoms with Crippen molar-refractivity contribution in [3.05, 3.63) is 44.3 Å². The van der Waals surface area contributed by atoms with E-state index in [9.17, 15) is 18.3 Å². The minimum Gasteiger partial charge on any atom is -0.504 e. The number of hydrogen-bond donors (Lipinski definition) is 1. The number of aliphatic imine (C=N–C) groups is 1. The maximum absolute atomic E-state index is 13.3. The fourth-order valence-electron chi connectivity index (χ4n) is 3.33. The lowest BCUT2D eigenvalue weighted by molar-refractivity contribution is -0.137. The van der Waals surface area contributed by atoms with Crippen molar-refractivity contribution in [2.75, 3.05) is 24.6 Å². The number of rotatable bonds is 5. The SMILES string of the molecule is CCOc1cc(Br)c(Br)c(C=Nc2cc(C(F)(F)F)ccc2N2CCCCC2)c1O. The zero-order valence-corrected chi connectivity index (χ0v) is 19.4. The summed E-state index contributed by atoms with van der Waals surface area (Å²) in [4.78, 5) is 6.41. The van der Waals surface area contributed by atoms with Gasteiger partial charge in [0.15, 0.2) is 11.5 Å². The average Bonchev–Trinajstić information content (AvgIpc) is 2.72. The molecule has 0 amide bonds. The second-order valence-electron chi connectivity index (χ2n) is 6.87. The van der Waals surface area contributed by atoms with Crippen molar-refractivity contribution in [1.82, 2.24) is 0 Å². The highest BCUT2D eigenvalue weighted by Gasteiger charge is 2.31. The smallest absolute Gasteiger partial charge is 0.416 e. The molecule has 1 aliphatic heterocycles. The molecule has 2 aromatic carbocycles. The number of hydrogen-bond acceptors (Lipinski definition) is 4. The number of aromatic hydroxyl groups is 1. The lowest BCUT2D eigenvalue weighted by Gasteiger charge is -2.30. The molecule has 1 N–H and O–H groups in total. The summed E-state index contributed by atoms with van der Waals surface area (Å²) in [6.07, 6.45) is -0.0323. The van der Waals surface area contributed by atoms with E-state index in [4.69, 9.17) is 4.74 Å². The van der Waals surface area contributed by atoms with Crippen LogP contribution in [0.4, 0.5) is 24.5 Å². The van der Waals surface area contributed by atoms with E-state index in [0.717, 1.165) is 44.5 Å². The molecule has 0 saturated carbocycles. The molecule has 1 heterocycles. The van der Waals surface area contributed by atoms with Crippen LogP contribution in [0.5, 0.6) is 11.5 Å². The second-order valence-corrected chi connectivity index (χ2v) is 8.52. The minimum absolute atomic E-state index is 0.137. The number of phenolic OH excluding ortho intramolecular Hbond substituents is 1. The van der Waals surface area contributed by atoms with E-state index in [1.807, 2.05) is 0 Å². The van der Waals surface area contributed by atoms with Crippen LogP contribution in [0.3, 0.4) is 0 Å². The molecule has 1 aliphatic rings. The van der Waals surface area contributed by atoms with Crippen LogP contribution in [0.15, 0.2) is 38.2 Å². The Labute approximate surface area is 190 Å². The van der Waals surface area contributed by atoms with E-state index >= 15 is 0 Å². The molecule has 3 rings (SSSR count). The van der Waals surface area contributed by atoms with Crippen LogP contribution in [0.1, 0.15) is 37.3 Å². The first-order valence-corrected chi connectivity index (χ1v) is 11.1. The molecule has 0 aromatic heterocycles. The fraction of sp³-hybridized carbons (Fsp3) is 0.381. The van der Waals surface area contributed by atoms with Gasteiger partial charge in [-0.1, -0.05) is 0 Å². The van der Waals surface area contributed by atoms with Gasteiger partial charge in [0.1, 0.15) is 0 Å². The van der Waals surface area contributed by atoms with Crippen molar-refractivity contribution in [2.24, 2.45) is 4.99 Å². The Balaban J connectivity index is 2.07. The molecule has 30 heavy (non-hydrogen) atoms. The van der Waals surface area contributed by atoms with Gasteiger partial charge in [0.25, 0.3) is 0 Å². The van der Waals surface area contributed by atoms with Crippen molar-refractivity contribution in [1.29, 1.82) is 0 Å². The second kappa shape index (κ2) is 9.60. The van der Waals surface area contributed by atoms with Crippen LogP contribution in [-0.2, 0) is 6.18 Å². The van der Waals surface area contributed by atoms with Gasteiger partial charge in [-0.05, 0) is 82.3 Å². The van der Waals surface area contributed by atoms with Gasteiger partial charge >= 0.3 is 6.18 Å². The predicted molar refractivity (Wildman–Crippen MR) is 119 cm³/mol. The molecule has 2 aromatic rings. The van der Waals surface area contributed by atoms with Crippen LogP contribution in [-0.4, -0.2) is 31.0 Å². The maximum Gasteiger partial charge on any atom is 0.416 e. The van der Waals surface area contributed by atoms with Crippen LogP contribution in [0, 0.1) is 0 Å². The highest BCUT2D eigenvalue weighted by Crippen LogP contribution is 2.41. The van der Waals surface area contributed by atoms with Crippen molar-refractivity contribution < 1.29 is 23.0 Å². The van der Waals surface area contributed by atoms with Gasteiger partial charge in [0.2, 0.25) is 0 Å². The third kappa shape index (κ3) is 5.11. The van der Waals surface area contributed by atoms with Crippen LogP contribution in [0.2, 0.25) is 0 Å². The highest BCUT2D eigenvalue weighted by atomic mass is 79.9. The Morgan fingerprint density at radius 3 is 2.50 bits per heavy atom. The first-order chi connectivity index (χ1) is 14.2. The molecule has 4 nitrogen and oxygen atoms in total. The highest BCUT2D eigenvalue weighted by molar-refractivity contribution is 9.13. The summed E-state index contributed by atoms with van der Waals surface area (Å²) in [5.41, 5.74) is 0.406. The molecule has 1 fully saturated rings. The first kappa shape index (κ1) is 22.9. The van der Waals surface area contributed by atoms with E-state index < -0.39 is 11.7 Å². The topological polar surface area (TPSA) is 45.1 Å². The Morgan fingerprint density at radius 1 is 1.17 bits per heavy atom. The number of ether oxygens (including phenoxy) is 1. The van der Waals surface area contributed by atoms with Gasteiger partial charge in [-0.2, -0.15) is 13.2 Å². The molecule has 0 atom stereocenters. The van der Waals surface area contributed by atoms with Gasteiger partial charge in [0, 0.05) is 28.2 Å². The number of benzene rings is 2. The number of piperidine rings is 1. The van der Waals surface area contributed by atoms with Crippen molar-refractivity contribution >= 4 is 49.4 Å². The summed E-state index contributed by atoms with van der Waals surface area (Å²) < 4.78 is 46.4. The number of nitrogens with zero attached hydrogens (tertiary/aromatic N) is 2. The molecular weight excluding hydrogens is 529 g/mol. The number of anilines is 1. The molecule has 0 unspecified atom stereocenters. The summed E-state index contributed by atoms with van der Waals surface area (Å²) in [5, 5.41) is 10.5. The fourth-order valence-corrected chi connectivity index (χ4v) is 4.16. The summed E-state index contributed by atoms with van der Waals surface area (Å²) >= 11 is 6.77. The molecule has 0 bridgehead atoms. The van der Waals surface area contributed by atoms with E-state index in [1.165, 1.54) is 12.3 Å². The summed E-state index contributed by atoms with van der Waals surface area (Å²) in [5.74, 6) is 0.122. The van der Waals surface area contributed by atoms with Crippen LogP contribution in [0.25, 0.3) is 0 Å².